The second-order valence-corrected chi connectivity index (χ2v) is 8.33. The van der Waals surface area contributed by atoms with E-state index in [0.29, 0.717) is 30.6 Å². The van der Waals surface area contributed by atoms with E-state index in [-0.39, 0.29) is 29.3 Å². The van der Waals surface area contributed by atoms with Gasteiger partial charge in [0.1, 0.15) is 11.9 Å². The van der Waals surface area contributed by atoms with E-state index in [4.69, 9.17) is 4.74 Å². The van der Waals surface area contributed by atoms with Crippen molar-refractivity contribution in [1.29, 1.82) is 0 Å². The third-order valence-electron chi connectivity index (χ3n) is 6.41. The summed E-state index contributed by atoms with van der Waals surface area (Å²) in [5.74, 6) is -1.80. The van der Waals surface area contributed by atoms with Crippen LogP contribution in [0.1, 0.15) is 91.7 Å². The molecule has 0 amide bonds. The first-order chi connectivity index (χ1) is 14.0. The number of hydrogen-bond donors (Lipinski definition) is 1. The molecule has 2 aromatic carbocycles. The number of aliphatic hydroxyl groups is 1. The molecule has 2 unspecified atom stereocenters. The van der Waals surface area contributed by atoms with Crippen LogP contribution in [-0.4, -0.2) is 11.7 Å². The van der Waals surface area contributed by atoms with Crippen LogP contribution in [-0.2, 0) is 4.74 Å². The van der Waals surface area contributed by atoms with Crippen LogP contribution in [0.25, 0.3) is 0 Å². The summed E-state index contributed by atoms with van der Waals surface area (Å²) >= 11 is 0. The average molecular weight is 404 g/mol. The van der Waals surface area contributed by atoms with Crippen molar-refractivity contribution < 1.29 is 23.0 Å². The molecule has 29 heavy (non-hydrogen) atoms. The van der Waals surface area contributed by atoms with E-state index >= 15 is 0 Å². The van der Waals surface area contributed by atoms with Gasteiger partial charge in [-0.1, -0.05) is 37.6 Å². The highest BCUT2D eigenvalue weighted by Crippen LogP contribution is 2.43. The van der Waals surface area contributed by atoms with E-state index in [1.807, 2.05) is 19.1 Å². The summed E-state index contributed by atoms with van der Waals surface area (Å²) in [4.78, 5) is 0. The molecule has 4 rings (SSSR count). The van der Waals surface area contributed by atoms with E-state index in [0.717, 1.165) is 31.2 Å². The summed E-state index contributed by atoms with van der Waals surface area (Å²) in [6.07, 6.45) is 3.11. The molecule has 0 spiro atoms. The molecule has 1 aliphatic heterocycles. The van der Waals surface area contributed by atoms with Gasteiger partial charge in [0, 0.05) is 11.1 Å². The SMILES string of the molecule is CCCC(O)c1ccc(C2CCC(c3ccc(C4CO4)c(F)c3)CC2)c(F)c1F. The number of benzene rings is 2. The maximum Gasteiger partial charge on any atom is 0.164 e. The molecule has 1 saturated heterocycles. The lowest BCUT2D eigenvalue weighted by Gasteiger charge is -2.30. The van der Waals surface area contributed by atoms with E-state index in [2.05, 4.69) is 0 Å². The van der Waals surface area contributed by atoms with Gasteiger partial charge in [-0.2, -0.15) is 0 Å². The lowest BCUT2D eigenvalue weighted by Crippen LogP contribution is -2.15. The number of epoxide rings is 1. The minimum Gasteiger partial charge on any atom is -0.388 e. The molecule has 2 atom stereocenters. The highest BCUT2D eigenvalue weighted by molar-refractivity contribution is 5.33. The lowest BCUT2D eigenvalue weighted by molar-refractivity contribution is 0.160. The molecule has 0 bridgehead atoms. The number of halogens is 3. The van der Waals surface area contributed by atoms with Crippen molar-refractivity contribution in [3.63, 3.8) is 0 Å². The van der Waals surface area contributed by atoms with Crippen LogP contribution in [0.4, 0.5) is 13.2 Å². The van der Waals surface area contributed by atoms with Crippen LogP contribution >= 0.6 is 0 Å². The Morgan fingerprint density at radius 1 is 0.966 bits per heavy atom. The molecule has 1 heterocycles. The molecular formula is C24H27F3O2. The molecule has 2 fully saturated rings. The zero-order valence-electron chi connectivity index (χ0n) is 16.6. The Hall–Kier alpha value is -1.85. The molecule has 1 aliphatic carbocycles. The summed E-state index contributed by atoms with van der Waals surface area (Å²) in [6, 6.07) is 8.53. The Bertz CT molecular complexity index is 871. The Morgan fingerprint density at radius 2 is 1.62 bits per heavy atom. The molecule has 0 aromatic heterocycles. The smallest absolute Gasteiger partial charge is 0.164 e. The fourth-order valence-corrected chi connectivity index (χ4v) is 4.60. The number of rotatable bonds is 6. The van der Waals surface area contributed by atoms with Crippen LogP contribution < -0.4 is 0 Å². The summed E-state index contributed by atoms with van der Waals surface area (Å²) in [6.45, 7) is 2.47. The van der Waals surface area contributed by atoms with Gasteiger partial charge >= 0.3 is 0 Å². The maximum absolute atomic E-state index is 14.7. The largest absolute Gasteiger partial charge is 0.388 e. The van der Waals surface area contributed by atoms with Crippen molar-refractivity contribution in [2.24, 2.45) is 0 Å². The van der Waals surface area contributed by atoms with Crippen molar-refractivity contribution in [3.8, 4) is 0 Å². The van der Waals surface area contributed by atoms with E-state index in [1.165, 1.54) is 6.07 Å². The predicted octanol–water partition coefficient (Wildman–Crippen LogP) is 6.45. The predicted molar refractivity (Wildman–Crippen MR) is 105 cm³/mol. The molecule has 2 aromatic rings. The minimum absolute atomic E-state index is 0.0389. The minimum atomic E-state index is -0.974. The van der Waals surface area contributed by atoms with Crippen molar-refractivity contribution in [2.75, 3.05) is 6.61 Å². The Kier molecular flexibility index (Phi) is 5.98. The average Bonchev–Trinajstić information content (AvgIpc) is 3.55. The zero-order chi connectivity index (χ0) is 20.5. The van der Waals surface area contributed by atoms with Crippen LogP contribution in [0.5, 0.6) is 0 Å². The van der Waals surface area contributed by atoms with Crippen LogP contribution in [0.15, 0.2) is 30.3 Å². The molecule has 1 saturated carbocycles. The standard InChI is InChI=1S/C24H27F3O2/c1-2-3-21(28)19-11-10-17(23(26)24(19)27)15-6-4-14(5-7-15)16-8-9-18(20(25)12-16)22-13-29-22/h8-12,14-15,21-22,28H,2-7,13H2,1H3. The van der Waals surface area contributed by atoms with Crippen LogP contribution in [0.3, 0.4) is 0 Å². The third kappa shape index (κ3) is 4.22. The van der Waals surface area contributed by atoms with Crippen molar-refractivity contribution in [2.45, 2.75) is 69.5 Å². The highest BCUT2D eigenvalue weighted by atomic mass is 19.2. The van der Waals surface area contributed by atoms with Crippen molar-refractivity contribution in [3.05, 3.63) is 70.0 Å². The first-order valence-corrected chi connectivity index (χ1v) is 10.6. The number of aliphatic hydroxyl groups excluding tert-OH is 1. The van der Waals surface area contributed by atoms with Gasteiger partial charge in [-0.15, -0.1) is 0 Å². The van der Waals surface area contributed by atoms with Gasteiger partial charge in [0.2, 0.25) is 0 Å². The highest BCUT2D eigenvalue weighted by Gasteiger charge is 2.30. The molecule has 1 N–H and O–H groups in total. The Balaban J connectivity index is 1.44. The van der Waals surface area contributed by atoms with E-state index < -0.39 is 17.7 Å². The summed E-state index contributed by atoms with van der Waals surface area (Å²) in [5.41, 5.74) is 2.01. The molecular weight excluding hydrogens is 377 g/mol. The molecule has 156 valence electrons. The third-order valence-corrected chi connectivity index (χ3v) is 6.41. The normalized spacial score (nSPS) is 25.1. The second kappa shape index (κ2) is 8.49. The number of hydrogen-bond acceptors (Lipinski definition) is 2. The van der Waals surface area contributed by atoms with E-state index in [1.54, 1.807) is 12.1 Å². The fourth-order valence-electron chi connectivity index (χ4n) is 4.60. The van der Waals surface area contributed by atoms with Gasteiger partial charge in [-0.3, -0.25) is 0 Å². The molecule has 0 radical (unpaired) electrons. The van der Waals surface area contributed by atoms with Crippen LogP contribution in [0.2, 0.25) is 0 Å². The monoisotopic (exact) mass is 404 g/mol. The van der Waals surface area contributed by atoms with Crippen molar-refractivity contribution in [1.82, 2.24) is 0 Å². The van der Waals surface area contributed by atoms with Gasteiger partial charge in [0.25, 0.3) is 0 Å². The summed E-state index contributed by atoms with van der Waals surface area (Å²) in [5, 5.41) is 10.0. The Morgan fingerprint density at radius 3 is 2.24 bits per heavy atom. The summed E-state index contributed by atoms with van der Waals surface area (Å²) < 4.78 is 48.7. The second-order valence-electron chi connectivity index (χ2n) is 8.33. The molecule has 5 heteroatoms. The number of ether oxygens (including phenoxy) is 1. The topological polar surface area (TPSA) is 32.8 Å². The van der Waals surface area contributed by atoms with E-state index in [9.17, 15) is 18.3 Å². The quantitative estimate of drug-likeness (QED) is 0.561. The first kappa shape index (κ1) is 20.4. The molecule has 2 nitrogen and oxygen atoms in total. The molecule has 2 aliphatic rings. The lowest BCUT2D eigenvalue weighted by atomic mass is 9.75. The zero-order valence-corrected chi connectivity index (χ0v) is 16.6. The van der Waals surface area contributed by atoms with Gasteiger partial charge in [0.05, 0.1) is 12.7 Å². The van der Waals surface area contributed by atoms with Gasteiger partial charge in [-0.25, -0.2) is 13.2 Å². The fraction of sp³-hybridized carbons (Fsp3) is 0.500. The van der Waals surface area contributed by atoms with Crippen molar-refractivity contribution >= 4 is 0 Å². The summed E-state index contributed by atoms with van der Waals surface area (Å²) in [7, 11) is 0. The van der Waals surface area contributed by atoms with Crippen LogP contribution in [0, 0.1) is 17.5 Å². The first-order valence-electron chi connectivity index (χ1n) is 10.6. The maximum atomic E-state index is 14.7. The van der Waals surface area contributed by atoms with Gasteiger partial charge < -0.3 is 9.84 Å². The Labute approximate surface area is 169 Å². The van der Waals surface area contributed by atoms with Gasteiger partial charge in [0.15, 0.2) is 11.6 Å². The van der Waals surface area contributed by atoms with Gasteiger partial charge in [-0.05, 0) is 61.1 Å².